The van der Waals surface area contributed by atoms with Crippen LogP contribution in [-0.4, -0.2) is 46.5 Å². The van der Waals surface area contributed by atoms with Gasteiger partial charge in [-0.2, -0.15) is 9.40 Å². The largest absolute Gasteiger partial charge is 0.343 e. The van der Waals surface area contributed by atoms with E-state index in [0.29, 0.717) is 0 Å². The highest BCUT2D eigenvalue weighted by molar-refractivity contribution is 7.89. The summed E-state index contributed by atoms with van der Waals surface area (Å²) in [6, 6.07) is 11.5. The minimum absolute atomic E-state index is 0.150. The van der Waals surface area contributed by atoms with E-state index in [9.17, 15) is 17.6 Å². The maximum Gasteiger partial charge on any atom is 0.254 e. The molecule has 3 rings (SSSR count). The predicted molar refractivity (Wildman–Crippen MR) is 113 cm³/mol. The lowest BCUT2D eigenvalue weighted by molar-refractivity contribution is 0.0927. The number of amides is 1. The van der Waals surface area contributed by atoms with Crippen LogP contribution in [0.2, 0.25) is 0 Å². The summed E-state index contributed by atoms with van der Waals surface area (Å²) in [6.07, 6.45) is 2.89. The van der Waals surface area contributed by atoms with Crippen molar-refractivity contribution in [1.82, 2.24) is 24.4 Å². The van der Waals surface area contributed by atoms with Crippen LogP contribution >= 0.6 is 0 Å². The molecule has 0 aliphatic heterocycles. The van der Waals surface area contributed by atoms with Crippen LogP contribution < -0.4 is 5.32 Å². The summed E-state index contributed by atoms with van der Waals surface area (Å²) < 4.78 is 42.8. The molecular weight excluding hydrogens is 421 g/mol. The van der Waals surface area contributed by atoms with E-state index in [-0.39, 0.29) is 23.0 Å². The zero-order chi connectivity index (χ0) is 22.6. The molecule has 0 saturated heterocycles. The van der Waals surface area contributed by atoms with Crippen molar-refractivity contribution >= 4 is 15.9 Å². The molecule has 0 aliphatic rings. The van der Waals surface area contributed by atoms with E-state index in [1.54, 1.807) is 18.5 Å². The van der Waals surface area contributed by atoms with Crippen LogP contribution in [0, 0.1) is 5.82 Å². The average molecular weight is 446 g/mol. The highest BCUT2D eigenvalue weighted by Crippen LogP contribution is 2.21. The number of sulfonamides is 1. The Hall–Kier alpha value is -3.11. The smallest absolute Gasteiger partial charge is 0.254 e. The molecule has 3 aromatic rings. The Bertz CT molecular complexity index is 1140. The summed E-state index contributed by atoms with van der Waals surface area (Å²) in [5.74, 6) is -1.54. The van der Waals surface area contributed by atoms with Gasteiger partial charge in [0.2, 0.25) is 10.0 Å². The highest BCUT2D eigenvalue weighted by atomic mass is 32.2. The molecule has 0 fully saturated rings. The van der Waals surface area contributed by atoms with E-state index < -0.39 is 27.8 Å². The van der Waals surface area contributed by atoms with E-state index in [1.165, 1.54) is 24.0 Å². The van der Waals surface area contributed by atoms with Gasteiger partial charge in [-0.3, -0.25) is 9.48 Å². The van der Waals surface area contributed by atoms with Gasteiger partial charge in [-0.25, -0.2) is 17.8 Å². The summed E-state index contributed by atoms with van der Waals surface area (Å²) in [7, 11) is -2.43. The van der Waals surface area contributed by atoms with Crippen LogP contribution in [0.25, 0.3) is 0 Å². The van der Waals surface area contributed by atoms with Gasteiger partial charge in [0.1, 0.15) is 18.5 Å². The molecule has 0 radical (unpaired) electrons. The number of halogens is 1. The number of rotatable bonds is 8. The minimum atomic E-state index is -3.87. The molecule has 164 valence electrons. The Balaban J connectivity index is 1.92. The van der Waals surface area contributed by atoms with Crippen molar-refractivity contribution in [2.45, 2.75) is 37.4 Å². The molecule has 1 atom stereocenters. The van der Waals surface area contributed by atoms with Crippen LogP contribution in [0.5, 0.6) is 0 Å². The Labute approximate surface area is 180 Å². The molecule has 10 heteroatoms. The molecule has 0 spiro atoms. The second kappa shape index (κ2) is 9.36. The number of carbonyl (C=O) groups is 1. The first-order valence-electron chi connectivity index (χ1n) is 9.66. The first kappa shape index (κ1) is 22.6. The van der Waals surface area contributed by atoms with E-state index in [4.69, 9.17) is 0 Å². The molecule has 31 heavy (non-hydrogen) atoms. The number of aromatic nitrogens is 3. The normalized spacial score (nSPS) is 12.8. The summed E-state index contributed by atoms with van der Waals surface area (Å²) in [4.78, 5) is 16.7. The molecule has 0 saturated carbocycles. The van der Waals surface area contributed by atoms with Gasteiger partial charge in [0, 0.05) is 13.1 Å². The van der Waals surface area contributed by atoms with Crippen molar-refractivity contribution in [3.05, 3.63) is 78.1 Å². The summed E-state index contributed by atoms with van der Waals surface area (Å²) in [6.45, 7) is 3.72. The van der Waals surface area contributed by atoms with Crippen molar-refractivity contribution in [3.63, 3.8) is 0 Å². The summed E-state index contributed by atoms with van der Waals surface area (Å²) >= 11 is 0. The van der Waals surface area contributed by atoms with Crippen molar-refractivity contribution in [1.29, 1.82) is 0 Å². The molecule has 1 aromatic heterocycles. The number of nitrogens with one attached hydrogen (secondary N) is 1. The highest BCUT2D eigenvalue weighted by Gasteiger charge is 2.26. The molecule has 1 N–H and O–H groups in total. The lowest BCUT2D eigenvalue weighted by Gasteiger charge is -2.22. The Morgan fingerprint density at radius 2 is 1.90 bits per heavy atom. The lowest BCUT2D eigenvalue weighted by atomic mass is 10.1. The predicted octanol–water partition coefficient (Wildman–Crippen LogP) is 2.62. The zero-order valence-corrected chi connectivity index (χ0v) is 18.3. The molecular formula is C21H24FN5O3S. The van der Waals surface area contributed by atoms with Gasteiger partial charge in [0.05, 0.1) is 23.0 Å². The quantitative estimate of drug-likeness (QED) is 0.575. The second-order valence-corrected chi connectivity index (χ2v) is 9.31. The molecule has 1 heterocycles. The van der Waals surface area contributed by atoms with Gasteiger partial charge < -0.3 is 5.32 Å². The average Bonchev–Trinajstić information content (AvgIpc) is 3.26. The standard InChI is InChI=1S/C21H24FN5O3S/c1-15(2)26(3)31(29,30)17-9-10-19(22)18(11-17)21(28)25-20(12-27-14-23-13-24-27)16-7-5-4-6-8-16/h4-11,13-15,20H,12H2,1-3H3,(H,25,28). The van der Waals surface area contributed by atoms with E-state index >= 15 is 0 Å². The van der Waals surface area contributed by atoms with Crippen LogP contribution in [0.3, 0.4) is 0 Å². The van der Waals surface area contributed by atoms with Gasteiger partial charge in [-0.1, -0.05) is 30.3 Å². The number of benzene rings is 2. The Kier molecular flexibility index (Phi) is 6.81. The van der Waals surface area contributed by atoms with E-state index in [0.717, 1.165) is 23.8 Å². The maximum absolute atomic E-state index is 14.5. The second-order valence-electron chi connectivity index (χ2n) is 7.31. The molecule has 0 aliphatic carbocycles. The van der Waals surface area contributed by atoms with Gasteiger partial charge in [-0.05, 0) is 37.6 Å². The molecule has 1 unspecified atom stereocenters. The van der Waals surface area contributed by atoms with Crippen LogP contribution in [0.4, 0.5) is 4.39 Å². The molecule has 8 nitrogen and oxygen atoms in total. The third kappa shape index (κ3) is 5.15. The summed E-state index contributed by atoms with van der Waals surface area (Å²) in [5.41, 5.74) is 0.438. The van der Waals surface area contributed by atoms with Crippen molar-refractivity contribution in [2.75, 3.05) is 7.05 Å². The molecule has 2 aromatic carbocycles. The number of carbonyl (C=O) groups excluding carboxylic acids is 1. The lowest BCUT2D eigenvalue weighted by Crippen LogP contribution is -2.34. The number of nitrogens with zero attached hydrogens (tertiary/aromatic N) is 4. The van der Waals surface area contributed by atoms with Gasteiger partial charge in [-0.15, -0.1) is 0 Å². The monoisotopic (exact) mass is 445 g/mol. The van der Waals surface area contributed by atoms with E-state index in [2.05, 4.69) is 15.4 Å². The fourth-order valence-electron chi connectivity index (χ4n) is 2.95. The SMILES string of the molecule is CC(C)N(C)S(=O)(=O)c1ccc(F)c(C(=O)NC(Cn2cncn2)c2ccccc2)c1. The minimum Gasteiger partial charge on any atom is -0.343 e. The van der Waals surface area contributed by atoms with Crippen LogP contribution in [-0.2, 0) is 16.6 Å². The first-order valence-corrected chi connectivity index (χ1v) is 11.1. The van der Waals surface area contributed by atoms with Crippen molar-refractivity contribution in [3.8, 4) is 0 Å². The third-order valence-electron chi connectivity index (χ3n) is 4.93. The van der Waals surface area contributed by atoms with Crippen LogP contribution in [0.15, 0.2) is 66.1 Å². The van der Waals surface area contributed by atoms with Gasteiger partial charge in [0.25, 0.3) is 5.91 Å². The zero-order valence-electron chi connectivity index (χ0n) is 17.4. The van der Waals surface area contributed by atoms with Gasteiger partial charge >= 0.3 is 0 Å². The van der Waals surface area contributed by atoms with Crippen molar-refractivity contribution < 1.29 is 17.6 Å². The van der Waals surface area contributed by atoms with Crippen molar-refractivity contribution in [2.24, 2.45) is 0 Å². The fraction of sp³-hybridized carbons (Fsp3) is 0.286. The maximum atomic E-state index is 14.5. The molecule has 1 amide bonds. The first-order chi connectivity index (χ1) is 14.7. The number of hydrogen-bond donors (Lipinski definition) is 1. The van der Waals surface area contributed by atoms with Gasteiger partial charge in [0.15, 0.2) is 0 Å². The van der Waals surface area contributed by atoms with E-state index in [1.807, 2.05) is 30.3 Å². The molecule has 0 bridgehead atoms. The number of hydrogen-bond acceptors (Lipinski definition) is 5. The fourth-order valence-corrected chi connectivity index (χ4v) is 4.35. The summed E-state index contributed by atoms with van der Waals surface area (Å²) in [5, 5.41) is 6.84. The Morgan fingerprint density at radius 3 is 2.52 bits per heavy atom. The topological polar surface area (TPSA) is 97.2 Å². The third-order valence-corrected chi connectivity index (χ3v) is 6.96. The Morgan fingerprint density at radius 1 is 1.19 bits per heavy atom. The van der Waals surface area contributed by atoms with Crippen LogP contribution in [0.1, 0.15) is 35.8 Å².